The molecule has 1 aliphatic rings. The maximum atomic E-state index is 13.6. The standard InChI is InChI=1S/C28H27ClFN5OS/c1-2-6-18-7-3-4-8-23(18)31-13-5-9-25(36)35-14-12-20-24(16-35)37-28-26(20)27(32-17-33-28)34-19-10-11-22(30)21(29)15-19/h3-5,7-11,15,17,31H,2,6,12-14,16H2,1H3,(H,32,33,34)/b9-5+. The van der Waals surface area contributed by atoms with Crippen LogP contribution >= 0.6 is 22.9 Å². The van der Waals surface area contributed by atoms with E-state index in [4.69, 9.17) is 11.6 Å². The van der Waals surface area contributed by atoms with Crippen LogP contribution in [0.4, 0.5) is 21.6 Å². The van der Waals surface area contributed by atoms with E-state index in [0.717, 1.165) is 39.2 Å². The van der Waals surface area contributed by atoms with Gasteiger partial charge in [0.15, 0.2) is 0 Å². The maximum Gasteiger partial charge on any atom is 0.246 e. The molecule has 37 heavy (non-hydrogen) atoms. The third-order valence-corrected chi connectivity index (χ3v) is 7.75. The predicted molar refractivity (Wildman–Crippen MR) is 149 cm³/mol. The first-order valence-electron chi connectivity index (χ1n) is 12.3. The van der Waals surface area contributed by atoms with Crippen LogP contribution in [0.15, 0.2) is 60.9 Å². The Morgan fingerprint density at radius 3 is 2.95 bits per heavy atom. The van der Waals surface area contributed by atoms with Crippen molar-refractivity contribution in [2.45, 2.75) is 32.7 Å². The number of nitrogens with one attached hydrogen (secondary N) is 2. The monoisotopic (exact) mass is 535 g/mol. The van der Waals surface area contributed by atoms with Crippen LogP contribution in [0.1, 0.15) is 29.3 Å². The smallest absolute Gasteiger partial charge is 0.246 e. The number of anilines is 3. The van der Waals surface area contributed by atoms with Crippen LogP contribution in [0.25, 0.3) is 10.2 Å². The molecular formula is C28H27ClFN5OS. The summed E-state index contributed by atoms with van der Waals surface area (Å²) in [4.78, 5) is 25.6. The van der Waals surface area contributed by atoms with Gasteiger partial charge in [0.2, 0.25) is 5.91 Å². The molecule has 190 valence electrons. The molecule has 0 saturated carbocycles. The van der Waals surface area contributed by atoms with E-state index in [1.165, 1.54) is 24.0 Å². The summed E-state index contributed by atoms with van der Waals surface area (Å²) in [6, 6.07) is 12.8. The Bertz CT molecular complexity index is 1470. The fourth-order valence-electron chi connectivity index (χ4n) is 4.54. The van der Waals surface area contributed by atoms with E-state index in [-0.39, 0.29) is 10.9 Å². The van der Waals surface area contributed by atoms with Gasteiger partial charge < -0.3 is 15.5 Å². The van der Waals surface area contributed by atoms with Crippen molar-refractivity contribution < 1.29 is 9.18 Å². The van der Waals surface area contributed by atoms with E-state index in [9.17, 15) is 9.18 Å². The molecule has 0 radical (unpaired) electrons. The minimum Gasteiger partial charge on any atom is -0.381 e. The molecule has 0 saturated heterocycles. The predicted octanol–water partition coefficient (Wildman–Crippen LogP) is 6.73. The fraction of sp³-hybridized carbons (Fsp3) is 0.250. The van der Waals surface area contributed by atoms with E-state index in [1.54, 1.807) is 23.5 Å². The molecule has 1 aliphatic heterocycles. The number of carbonyl (C=O) groups is 1. The van der Waals surface area contributed by atoms with Gasteiger partial charge >= 0.3 is 0 Å². The van der Waals surface area contributed by atoms with Gasteiger partial charge in [0.05, 0.1) is 17.0 Å². The average molecular weight is 536 g/mol. The fourth-order valence-corrected chi connectivity index (χ4v) is 5.92. The Hall–Kier alpha value is -3.49. The zero-order valence-electron chi connectivity index (χ0n) is 20.4. The summed E-state index contributed by atoms with van der Waals surface area (Å²) in [7, 11) is 0. The molecule has 2 aromatic heterocycles. The lowest BCUT2D eigenvalue weighted by Gasteiger charge is -2.26. The minimum absolute atomic E-state index is 0.00265. The van der Waals surface area contributed by atoms with Gasteiger partial charge in [0, 0.05) is 35.4 Å². The largest absolute Gasteiger partial charge is 0.381 e. The van der Waals surface area contributed by atoms with Crippen molar-refractivity contribution in [1.29, 1.82) is 0 Å². The van der Waals surface area contributed by atoms with Gasteiger partial charge in [-0.1, -0.05) is 49.2 Å². The highest BCUT2D eigenvalue weighted by Crippen LogP contribution is 2.38. The second kappa shape index (κ2) is 11.3. The third kappa shape index (κ3) is 5.60. The van der Waals surface area contributed by atoms with Gasteiger partial charge in [-0.15, -0.1) is 11.3 Å². The van der Waals surface area contributed by atoms with Crippen molar-refractivity contribution in [2.75, 3.05) is 23.7 Å². The number of hydrogen-bond donors (Lipinski definition) is 2. The van der Waals surface area contributed by atoms with Crippen molar-refractivity contribution in [3.05, 3.63) is 87.8 Å². The molecule has 0 unspecified atom stereocenters. The van der Waals surface area contributed by atoms with Crippen molar-refractivity contribution in [2.24, 2.45) is 0 Å². The number of nitrogens with zero attached hydrogens (tertiary/aromatic N) is 3. The summed E-state index contributed by atoms with van der Waals surface area (Å²) in [6.07, 6.45) is 7.87. The lowest BCUT2D eigenvalue weighted by atomic mass is 10.0. The lowest BCUT2D eigenvalue weighted by Crippen LogP contribution is -2.34. The normalized spacial score (nSPS) is 13.2. The molecule has 0 bridgehead atoms. The molecule has 4 aromatic rings. The number of halogens is 2. The van der Waals surface area contributed by atoms with Crippen molar-refractivity contribution in [1.82, 2.24) is 14.9 Å². The first kappa shape index (κ1) is 25.2. The first-order valence-corrected chi connectivity index (χ1v) is 13.5. The second-order valence-electron chi connectivity index (χ2n) is 8.86. The summed E-state index contributed by atoms with van der Waals surface area (Å²) in [5, 5.41) is 7.66. The maximum absolute atomic E-state index is 13.6. The van der Waals surface area contributed by atoms with Crippen LogP contribution in [-0.4, -0.2) is 33.9 Å². The SMILES string of the molecule is CCCc1ccccc1NC/C=C/C(=O)N1CCc2c(sc3ncnc(Nc4ccc(F)c(Cl)c4)c23)C1. The topological polar surface area (TPSA) is 70.2 Å². The molecular weight excluding hydrogens is 509 g/mol. The average Bonchev–Trinajstić information content (AvgIpc) is 3.28. The highest BCUT2D eigenvalue weighted by Gasteiger charge is 2.25. The van der Waals surface area contributed by atoms with E-state index >= 15 is 0 Å². The molecule has 0 spiro atoms. The van der Waals surface area contributed by atoms with E-state index in [1.807, 2.05) is 17.0 Å². The number of hydrogen-bond acceptors (Lipinski definition) is 6. The second-order valence-corrected chi connectivity index (χ2v) is 10.4. The number of carbonyl (C=O) groups excluding carboxylic acids is 1. The summed E-state index contributed by atoms with van der Waals surface area (Å²) in [6.45, 7) is 3.91. The van der Waals surface area contributed by atoms with Gasteiger partial charge in [-0.25, -0.2) is 14.4 Å². The third-order valence-electron chi connectivity index (χ3n) is 6.34. The Labute approximate surface area is 224 Å². The molecule has 1 amide bonds. The summed E-state index contributed by atoms with van der Waals surface area (Å²) >= 11 is 7.52. The number of aryl methyl sites for hydroxylation is 1. The number of rotatable bonds is 8. The number of benzene rings is 2. The van der Waals surface area contributed by atoms with Crippen LogP contribution in [-0.2, 0) is 24.2 Å². The van der Waals surface area contributed by atoms with E-state index in [0.29, 0.717) is 37.6 Å². The van der Waals surface area contributed by atoms with Gasteiger partial charge in [-0.05, 0) is 48.2 Å². The van der Waals surface area contributed by atoms with E-state index < -0.39 is 5.82 Å². The van der Waals surface area contributed by atoms with Gasteiger partial charge in [0.1, 0.15) is 22.8 Å². The van der Waals surface area contributed by atoms with Crippen molar-refractivity contribution in [3.63, 3.8) is 0 Å². The molecule has 5 rings (SSSR count). The van der Waals surface area contributed by atoms with Crippen molar-refractivity contribution in [3.8, 4) is 0 Å². The number of fused-ring (bicyclic) bond motifs is 3. The Balaban J connectivity index is 1.26. The molecule has 6 nitrogen and oxygen atoms in total. The zero-order chi connectivity index (χ0) is 25.8. The summed E-state index contributed by atoms with van der Waals surface area (Å²) in [5.41, 5.74) is 4.20. The van der Waals surface area contributed by atoms with Crippen LogP contribution in [0.3, 0.4) is 0 Å². The molecule has 2 N–H and O–H groups in total. The number of thiophene rings is 1. The molecule has 0 fully saturated rings. The Kier molecular flexibility index (Phi) is 7.67. The first-order chi connectivity index (χ1) is 18.0. The molecule has 3 heterocycles. The molecule has 2 aromatic carbocycles. The summed E-state index contributed by atoms with van der Waals surface area (Å²) in [5.74, 6) is 0.181. The van der Waals surface area contributed by atoms with Crippen LogP contribution in [0.2, 0.25) is 5.02 Å². The minimum atomic E-state index is -0.469. The zero-order valence-corrected chi connectivity index (χ0v) is 22.0. The lowest BCUT2D eigenvalue weighted by molar-refractivity contribution is -0.126. The van der Waals surface area contributed by atoms with Gasteiger partial charge in [-0.2, -0.15) is 0 Å². The Morgan fingerprint density at radius 1 is 1.24 bits per heavy atom. The van der Waals surface area contributed by atoms with Crippen LogP contribution < -0.4 is 10.6 Å². The quantitative estimate of drug-likeness (QED) is 0.245. The van der Waals surface area contributed by atoms with Crippen LogP contribution in [0, 0.1) is 5.82 Å². The van der Waals surface area contributed by atoms with Crippen LogP contribution in [0.5, 0.6) is 0 Å². The highest BCUT2D eigenvalue weighted by atomic mass is 35.5. The summed E-state index contributed by atoms with van der Waals surface area (Å²) < 4.78 is 13.6. The van der Waals surface area contributed by atoms with E-state index in [2.05, 4.69) is 45.7 Å². The molecule has 9 heteroatoms. The number of amides is 1. The Morgan fingerprint density at radius 2 is 2.11 bits per heavy atom. The van der Waals surface area contributed by atoms with Gasteiger partial charge in [0.25, 0.3) is 0 Å². The number of para-hydroxylation sites is 1. The molecule has 0 atom stereocenters. The molecule has 0 aliphatic carbocycles. The highest BCUT2D eigenvalue weighted by molar-refractivity contribution is 7.19. The van der Waals surface area contributed by atoms with Crippen molar-refractivity contribution >= 4 is 56.3 Å². The van der Waals surface area contributed by atoms with Gasteiger partial charge in [-0.3, -0.25) is 4.79 Å². The number of aromatic nitrogens is 2.